The summed E-state index contributed by atoms with van der Waals surface area (Å²) in [6.07, 6.45) is 3.67. The number of aromatic amines is 2. The second kappa shape index (κ2) is 13.1. The Balaban J connectivity index is 1.37. The minimum atomic E-state index is -1.32. The third kappa shape index (κ3) is 6.87. The zero-order valence-electron chi connectivity index (χ0n) is 23.7. The lowest BCUT2D eigenvalue weighted by molar-refractivity contribution is -0.142. The van der Waals surface area contributed by atoms with Gasteiger partial charge in [0.25, 0.3) is 0 Å². The molecular weight excluding hydrogens is 552 g/mol. The second-order valence-electron chi connectivity index (χ2n) is 11.0. The van der Waals surface area contributed by atoms with Crippen LogP contribution in [0.25, 0.3) is 21.8 Å². The molecule has 1 fully saturated rings. The van der Waals surface area contributed by atoms with Gasteiger partial charge in [0.15, 0.2) is 0 Å². The molecule has 4 aromatic rings. The second-order valence-corrected chi connectivity index (χ2v) is 11.0. The van der Waals surface area contributed by atoms with Gasteiger partial charge in [-0.2, -0.15) is 0 Å². The van der Waals surface area contributed by atoms with Crippen LogP contribution in [0.4, 0.5) is 0 Å². The number of benzene rings is 2. The van der Waals surface area contributed by atoms with Crippen molar-refractivity contribution in [3.63, 3.8) is 0 Å². The van der Waals surface area contributed by atoms with Gasteiger partial charge in [0.2, 0.25) is 17.7 Å². The van der Waals surface area contributed by atoms with Gasteiger partial charge in [0.05, 0.1) is 12.1 Å². The summed E-state index contributed by atoms with van der Waals surface area (Å²) in [4.78, 5) is 58.4. The van der Waals surface area contributed by atoms with Gasteiger partial charge in [0, 0.05) is 47.0 Å². The first-order valence-corrected chi connectivity index (χ1v) is 14.4. The number of carboxylic acids is 1. The number of aliphatic hydroxyl groups is 1. The number of aromatic nitrogens is 2. The van der Waals surface area contributed by atoms with Crippen LogP contribution < -0.4 is 21.3 Å². The van der Waals surface area contributed by atoms with Gasteiger partial charge < -0.3 is 41.4 Å². The maximum atomic E-state index is 13.7. The van der Waals surface area contributed by atoms with Crippen molar-refractivity contribution in [2.45, 2.75) is 62.9 Å². The first-order valence-electron chi connectivity index (χ1n) is 14.4. The lowest BCUT2D eigenvalue weighted by Crippen LogP contribution is -2.60. The summed E-state index contributed by atoms with van der Waals surface area (Å²) in [5, 5.41) is 33.0. The number of para-hydroxylation sites is 2. The van der Waals surface area contributed by atoms with Crippen molar-refractivity contribution in [3.8, 4) is 0 Å². The Kier molecular flexibility index (Phi) is 9.07. The van der Waals surface area contributed by atoms with Crippen LogP contribution in [-0.2, 0) is 32.0 Å². The molecule has 0 radical (unpaired) electrons. The molecule has 2 aromatic heterocycles. The van der Waals surface area contributed by atoms with E-state index >= 15 is 0 Å². The van der Waals surface area contributed by atoms with Crippen LogP contribution in [0, 0.1) is 0 Å². The molecule has 5 atom stereocenters. The van der Waals surface area contributed by atoms with Gasteiger partial charge in [-0.3, -0.25) is 14.4 Å². The van der Waals surface area contributed by atoms with E-state index in [0.29, 0.717) is 13.0 Å². The molecule has 12 heteroatoms. The van der Waals surface area contributed by atoms with Gasteiger partial charge in [-0.15, -0.1) is 0 Å². The van der Waals surface area contributed by atoms with Crippen LogP contribution in [0.1, 0.15) is 30.9 Å². The van der Waals surface area contributed by atoms with Crippen LogP contribution in [0.2, 0.25) is 0 Å². The Morgan fingerprint density at radius 1 is 0.837 bits per heavy atom. The first-order chi connectivity index (χ1) is 20.7. The number of fused-ring (bicyclic) bond motifs is 2. The molecule has 12 nitrogen and oxygen atoms in total. The maximum Gasteiger partial charge on any atom is 0.326 e. The fourth-order valence-electron chi connectivity index (χ4n) is 5.55. The van der Waals surface area contributed by atoms with Crippen LogP contribution in [0.15, 0.2) is 60.9 Å². The Labute approximate surface area is 247 Å². The summed E-state index contributed by atoms with van der Waals surface area (Å²) in [5.74, 6) is -3.11. The van der Waals surface area contributed by atoms with Crippen molar-refractivity contribution in [1.29, 1.82) is 0 Å². The standard InChI is InChI=1S/C31H36N6O6/c1-17(38)27(37-28(39)24-11-6-12-32-24)30(41)35-25(13-18-15-33-22-9-4-2-7-20(18)22)29(40)36-26(31(42)43)14-19-16-34-23-10-5-3-8-21(19)23/h2-5,7-10,15-17,24-27,32-34,38H,6,11-14H2,1H3,(H,35,41)(H,36,40)(H,37,39)(H,42,43). The number of aliphatic carboxylic acids is 1. The quantitative estimate of drug-likeness (QED) is 0.122. The molecule has 0 bridgehead atoms. The van der Waals surface area contributed by atoms with E-state index in [1.807, 2.05) is 48.5 Å². The maximum absolute atomic E-state index is 13.7. The van der Waals surface area contributed by atoms with E-state index < -0.39 is 54.0 Å². The minimum absolute atomic E-state index is 0.0135. The number of carbonyl (C=O) groups excluding carboxylic acids is 3. The highest BCUT2D eigenvalue weighted by molar-refractivity contribution is 5.95. The number of aliphatic hydroxyl groups excluding tert-OH is 1. The predicted molar refractivity (Wildman–Crippen MR) is 160 cm³/mol. The monoisotopic (exact) mass is 588 g/mol. The highest BCUT2D eigenvalue weighted by atomic mass is 16.4. The fraction of sp³-hybridized carbons (Fsp3) is 0.355. The predicted octanol–water partition coefficient (Wildman–Crippen LogP) is 1.11. The molecule has 1 aliphatic rings. The molecule has 1 saturated heterocycles. The number of hydrogen-bond acceptors (Lipinski definition) is 6. The summed E-state index contributed by atoms with van der Waals surface area (Å²) >= 11 is 0. The van der Waals surface area contributed by atoms with Gasteiger partial charge >= 0.3 is 5.97 Å². The fourth-order valence-corrected chi connectivity index (χ4v) is 5.55. The van der Waals surface area contributed by atoms with Gasteiger partial charge in [-0.05, 0) is 49.6 Å². The van der Waals surface area contributed by atoms with Crippen molar-refractivity contribution in [3.05, 3.63) is 72.1 Å². The minimum Gasteiger partial charge on any atom is -0.480 e. The molecule has 5 rings (SSSR count). The smallest absolute Gasteiger partial charge is 0.326 e. The first kappa shape index (κ1) is 29.8. The third-order valence-electron chi connectivity index (χ3n) is 7.88. The molecule has 0 spiro atoms. The number of hydrogen-bond donors (Lipinski definition) is 8. The average molecular weight is 589 g/mol. The van der Waals surface area contributed by atoms with Crippen LogP contribution in [0.3, 0.4) is 0 Å². The number of nitrogens with one attached hydrogen (secondary N) is 6. The van der Waals surface area contributed by atoms with E-state index in [1.54, 1.807) is 12.4 Å². The Morgan fingerprint density at radius 3 is 1.93 bits per heavy atom. The van der Waals surface area contributed by atoms with Gasteiger partial charge in [-0.1, -0.05) is 36.4 Å². The van der Waals surface area contributed by atoms with Crippen molar-refractivity contribution in [1.82, 2.24) is 31.2 Å². The number of rotatable bonds is 12. The van der Waals surface area contributed by atoms with Crippen molar-refractivity contribution in [2.75, 3.05) is 6.54 Å². The number of H-pyrrole nitrogens is 2. The molecule has 0 saturated carbocycles. The van der Waals surface area contributed by atoms with Gasteiger partial charge in [-0.25, -0.2) is 4.79 Å². The van der Waals surface area contributed by atoms with E-state index in [0.717, 1.165) is 39.4 Å². The zero-order valence-corrected chi connectivity index (χ0v) is 23.7. The number of carboxylic acid groups (broad SMARTS) is 1. The van der Waals surface area contributed by atoms with Crippen LogP contribution >= 0.6 is 0 Å². The highest BCUT2D eigenvalue weighted by Gasteiger charge is 2.34. The topological polar surface area (TPSA) is 188 Å². The molecule has 0 aliphatic carbocycles. The normalized spacial score (nSPS) is 17.7. The van der Waals surface area contributed by atoms with Gasteiger partial charge in [0.1, 0.15) is 18.1 Å². The zero-order chi connectivity index (χ0) is 30.5. The lowest BCUT2D eigenvalue weighted by atomic mass is 10.0. The summed E-state index contributed by atoms with van der Waals surface area (Å²) in [5.41, 5.74) is 3.13. The largest absolute Gasteiger partial charge is 0.480 e. The Morgan fingerprint density at radius 2 is 1.40 bits per heavy atom. The van der Waals surface area contributed by atoms with E-state index in [1.165, 1.54) is 6.92 Å². The van der Waals surface area contributed by atoms with E-state index in [4.69, 9.17) is 0 Å². The summed E-state index contributed by atoms with van der Waals surface area (Å²) in [6.45, 7) is 2.06. The molecule has 1 aliphatic heterocycles. The molecule has 8 N–H and O–H groups in total. The van der Waals surface area contributed by atoms with Crippen molar-refractivity contribution < 1.29 is 29.4 Å². The molecule has 2 aromatic carbocycles. The molecular formula is C31H36N6O6. The van der Waals surface area contributed by atoms with Crippen LogP contribution in [0.5, 0.6) is 0 Å². The number of carbonyl (C=O) groups is 4. The summed E-state index contributed by atoms with van der Waals surface area (Å²) in [7, 11) is 0. The summed E-state index contributed by atoms with van der Waals surface area (Å²) in [6, 6.07) is 10.6. The third-order valence-corrected chi connectivity index (χ3v) is 7.88. The Bertz CT molecular complexity index is 1620. The molecule has 5 unspecified atom stereocenters. The van der Waals surface area contributed by atoms with Crippen molar-refractivity contribution >= 4 is 45.5 Å². The lowest BCUT2D eigenvalue weighted by Gasteiger charge is -2.26. The SMILES string of the molecule is CC(O)C(NC(=O)C1CCCN1)C(=O)NC(Cc1c[nH]c2ccccc12)C(=O)NC(Cc1c[nH]c2ccccc12)C(=O)O. The Hall–Kier alpha value is -4.68. The van der Waals surface area contributed by atoms with Crippen molar-refractivity contribution in [2.24, 2.45) is 0 Å². The molecule has 3 heterocycles. The highest BCUT2D eigenvalue weighted by Crippen LogP contribution is 2.21. The molecule has 226 valence electrons. The van der Waals surface area contributed by atoms with E-state index in [9.17, 15) is 29.4 Å². The van der Waals surface area contributed by atoms with E-state index in [2.05, 4.69) is 31.2 Å². The summed E-state index contributed by atoms with van der Waals surface area (Å²) < 4.78 is 0. The molecule has 3 amide bonds. The van der Waals surface area contributed by atoms with E-state index in [-0.39, 0.29) is 12.8 Å². The average Bonchev–Trinajstić information content (AvgIpc) is 3.76. The number of amides is 3. The molecule has 43 heavy (non-hydrogen) atoms. The van der Waals surface area contributed by atoms with Crippen LogP contribution in [-0.4, -0.2) is 80.7 Å².